The Morgan fingerprint density at radius 3 is 2.12 bits per heavy atom. The number of rotatable bonds is 4. The molecule has 1 rings (SSSR count). The molecule has 1 aliphatic rings. The molecule has 1 aliphatic carbocycles. The average Bonchev–Trinajstić information content (AvgIpc) is 2.17. The molecule has 1 saturated carbocycles. The van der Waals surface area contributed by atoms with Crippen LogP contribution < -0.4 is 0 Å². The normalized spacial score (nSPS) is 20.1. The van der Waals surface area contributed by atoms with E-state index in [2.05, 4.69) is 27.7 Å². The van der Waals surface area contributed by atoms with Crippen LogP contribution >= 0.6 is 0 Å². The van der Waals surface area contributed by atoms with Gasteiger partial charge in [0, 0.05) is 6.42 Å². The summed E-state index contributed by atoms with van der Waals surface area (Å²) in [4.78, 5) is 11.8. The summed E-state index contributed by atoms with van der Waals surface area (Å²) in [6, 6.07) is 0. The zero-order valence-electron chi connectivity index (χ0n) is 11.2. The zero-order chi connectivity index (χ0) is 12.2. The molecule has 16 heavy (non-hydrogen) atoms. The van der Waals surface area contributed by atoms with Gasteiger partial charge in [0.1, 0.15) is 5.60 Å². The lowest BCUT2D eigenvalue weighted by atomic mass is 9.77. The van der Waals surface area contributed by atoms with E-state index < -0.39 is 0 Å². The second-order valence-electron chi connectivity index (χ2n) is 5.85. The van der Waals surface area contributed by atoms with E-state index in [-0.39, 0.29) is 11.6 Å². The summed E-state index contributed by atoms with van der Waals surface area (Å²) in [5.74, 6) is 0.815. The molecule has 0 saturated heterocycles. The second kappa shape index (κ2) is 5.70. The van der Waals surface area contributed by atoms with Gasteiger partial charge in [0.05, 0.1) is 0 Å². The fraction of sp³-hybridized carbons (Fsp3) is 0.929. The smallest absolute Gasteiger partial charge is 0.306 e. The van der Waals surface area contributed by atoms with Crippen molar-refractivity contribution in [2.45, 2.75) is 71.8 Å². The monoisotopic (exact) mass is 226 g/mol. The van der Waals surface area contributed by atoms with Crippen molar-refractivity contribution in [2.24, 2.45) is 11.8 Å². The molecule has 0 aromatic rings. The van der Waals surface area contributed by atoms with E-state index in [1.807, 2.05) is 0 Å². The topological polar surface area (TPSA) is 26.3 Å². The minimum atomic E-state index is -0.162. The third-order valence-electron chi connectivity index (χ3n) is 3.64. The Hall–Kier alpha value is -0.530. The zero-order valence-corrected chi connectivity index (χ0v) is 11.2. The molecule has 0 radical (unpaired) electrons. The summed E-state index contributed by atoms with van der Waals surface area (Å²) in [5, 5.41) is 0. The van der Waals surface area contributed by atoms with Gasteiger partial charge in [-0.2, -0.15) is 0 Å². The molecule has 2 heteroatoms. The number of carbonyl (C=O) groups excluding carboxylic acids is 1. The van der Waals surface area contributed by atoms with Gasteiger partial charge in [-0.3, -0.25) is 4.79 Å². The van der Waals surface area contributed by atoms with E-state index in [1.165, 1.54) is 19.3 Å². The molecule has 0 heterocycles. The van der Waals surface area contributed by atoms with Crippen molar-refractivity contribution in [3.8, 4) is 0 Å². The van der Waals surface area contributed by atoms with Crippen molar-refractivity contribution >= 4 is 5.97 Å². The molecule has 1 fully saturated rings. The first-order valence-corrected chi connectivity index (χ1v) is 6.68. The van der Waals surface area contributed by atoms with E-state index in [9.17, 15) is 4.79 Å². The molecule has 0 atom stereocenters. The SMILES string of the molecule is CC(C)CC(=O)OC1(C(C)C)CCCCC1. The predicted octanol–water partition coefficient (Wildman–Crippen LogP) is 3.93. The summed E-state index contributed by atoms with van der Waals surface area (Å²) in [7, 11) is 0. The van der Waals surface area contributed by atoms with Gasteiger partial charge in [-0.05, 0) is 37.5 Å². The molecule has 2 nitrogen and oxygen atoms in total. The van der Waals surface area contributed by atoms with Crippen molar-refractivity contribution in [1.82, 2.24) is 0 Å². The molecule has 94 valence electrons. The Labute approximate surface area is 99.8 Å². The lowest BCUT2D eigenvalue weighted by Crippen LogP contribution is -2.42. The van der Waals surface area contributed by atoms with Gasteiger partial charge in [0.25, 0.3) is 0 Å². The van der Waals surface area contributed by atoms with Gasteiger partial charge < -0.3 is 4.74 Å². The highest BCUT2D eigenvalue weighted by molar-refractivity contribution is 5.70. The van der Waals surface area contributed by atoms with Gasteiger partial charge in [0.15, 0.2) is 0 Å². The van der Waals surface area contributed by atoms with E-state index in [0.717, 1.165) is 12.8 Å². The number of esters is 1. The standard InChI is InChI=1S/C14H26O2/c1-11(2)10-13(15)16-14(12(3)4)8-6-5-7-9-14/h11-12H,5-10H2,1-4H3. The third kappa shape index (κ3) is 3.50. The molecule has 0 spiro atoms. The van der Waals surface area contributed by atoms with E-state index in [0.29, 0.717) is 18.3 Å². The van der Waals surface area contributed by atoms with E-state index >= 15 is 0 Å². The predicted molar refractivity (Wildman–Crippen MR) is 66.2 cm³/mol. The number of hydrogen-bond acceptors (Lipinski definition) is 2. The Bertz CT molecular complexity index is 225. The molecule has 0 unspecified atom stereocenters. The molecule has 0 aromatic heterocycles. The minimum absolute atomic E-state index is 0.00870. The summed E-state index contributed by atoms with van der Waals surface area (Å²) in [6.45, 7) is 8.47. The van der Waals surface area contributed by atoms with Gasteiger partial charge in [0.2, 0.25) is 0 Å². The summed E-state index contributed by atoms with van der Waals surface area (Å²) < 4.78 is 5.81. The maximum Gasteiger partial charge on any atom is 0.306 e. The van der Waals surface area contributed by atoms with Gasteiger partial charge in [-0.1, -0.05) is 34.1 Å². The summed E-state index contributed by atoms with van der Waals surface area (Å²) >= 11 is 0. The average molecular weight is 226 g/mol. The van der Waals surface area contributed by atoms with Crippen LogP contribution in [0.5, 0.6) is 0 Å². The first-order chi connectivity index (χ1) is 7.46. The number of ether oxygens (including phenoxy) is 1. The van der Waals surface area contributed by atoms with Crippen molar-refractivity contribution in [2.75, 3.05) is 0 Å². The Morgan fingerprint density at radius 1 is 1.12 bits per heavy atom. The quantitative estimate of drug-likeness (QED) is 0.679. The summed E-state index contributed by atoms with van der Waals surface area (Å²) in [6.07, 6.45) is 6.34. The molecule has 0 N–H and O–H groups in total. The van der Waals surface area contributed by atoms with Crippen molar-refractivity contribution in [3.05, 3.63) is 0 Å². The van der Waals surface area contributed by atoms with Crippen molar-refractivity contribution in [3.63, 3.8) is 0 Å². The van der Waals surface area contributed by atoms with Crippen LogP contribution in [0.2, 0.25) is 0 Å². The maximum atomic E-state index is 11.8. The Kier molecular flexibility index (Phi) is 4.82. The third-order valence-corrected chi connectivity index (χ3v) is 3.64. The Morgan fingerprint density at radius 2 is 1.69 bits per heavy atom. The minimum Gasteiger partial charge on any atom is -0.459 e. The Balaban J connectivity index is 2.60. The molecular formula is C14H26O2. The van der Waals surface area contributed by atoms with E-state index in [4.69, 9.17) is 4.74 Å². The first-order valence-electron chi connectivity index (χ1n) is 6.68. The van der Waals surface area contributed by atoms with Crippen LogP contribution in [0.3, 0.4) is 0 Å². The summed E-state index contributed by atoms with van der Waals surface area (Å²) in [5.41, 5.74) is -0.162. The maximum absolute atomic E-state index is 11.8. The van der Waals surface area contributed by atoms with Crippen LogP contribution in [0, 0.1) is 11.8 Å². The van der Waals surface area contributed by atoms with Gasteiger partial charge >= 0.3 is 5.97 Å². The molecule has 0 amide bonds. The van der Waals surface area contributed by atoms with Crippen LogP contribution in [-0.2, 0) is 9.53 Å². The molecule has 0 aliphatic heterocycles. The highest BCUT2D eigenvalue weighted by Gasteiger charge is 2.38. The van der Waals surface area contributed by atoms with E-state index in [1.54, 1.807) is 0 Å². The first kappa shape index (κ1) is 13.5. The van der Waals surface area contributed by atoms with Crippen LogP contribution in [0.25, 0.3) is 0 Å². The van der Waals surface area contributed by atoms with Crippen LogP contribution in [-0.4, -0.2) is 11.6 Å². The van der Waals surface area contributed by atoms with Crippen LogP contribution in [0.15, 0.2) is 0 Å². The van der Waals surface area contributed by atoms with Gasteiger partial charge in [-0.25, -0.2) is 0 Å². The molecule has 0 bridgehead atoms. The lowest BCUT2D eigenvalue weighted by molar-refractivity contribution is -0.170. The second-order valence-corrected chi connectivity index (χ2v) is 5.85. The number of carbonyl (C=O) groups is 1. The highest BCUT2D eigenvalue weighted by Crippen LogP contribution is 2.38. The van der Waals surface area contributed by atoms with Crippen LogP contribution in [0.4, 0.5) is 0 Å². The largest absolute Gasteiger partial charge is 0.459 e. The van der Waals surface area contributed by atoms with Crippen molar-refractivity contribution < 1.29 is 9.53 Å². The van der Waals surface area contributed by atoms with Crippen molar-refractivity contribution in [1.29, 1.82) is 0 Å². The molecular weight excluding hydrogens is 200 g/mol. The molecule has 0 aromatic carbocycles. The van der Waals surface area contributed by atoms with Gasteiger partial charge in [-0.15, -0.1) is 0 Å². The number of hydrogen-bond donors (Lipinski definition) is 0. The highest BCUT2D eigenvalue weighted by atomic mass is 16.6. The van der Waals surface area contributed by atoms with Crippen LogP contribution in [0.1, 0.15) is 66.2 Å². The fourth-order valence-corrected chi connectivity index (χ4v) is 2.55. The fourth-order valence-electron chi connectivity index (χ4n) is 2.55. The lowest BCUT2D eigenvalue weighted by Gasteiger charge is -2.40.